The van der Waals surface area contributed by atoms with E-state index < -0.39 is 0 Å². The highest BCUT2D eigenvalue weighted by Gasteiger charge is 2.30. The quantitative estimate of drug-likeness (QED) is 0.940. The summed E-state index contributed by atoms with van der Waals surface area (Å²) < 4.78 is 5.63. The van der Waals surface area contributed by atoms with Gasteiger partial charge in [0.05, 0.1) is 19.3 Å². The predicted molar refractivity (Wildman–Crippen MR) is 94.2 cm³/mol. The van der Waals surface area contributed by atoms with Gasteiger partial charge in [-0.15, -0.1) is 0 Å². The lowest BCUT2D eigenvalue weighted by molar-refractivity contribution is 0.0924. The second-order valence-corrected chi connectivity index (χ2v) is 6.71. The highest BCUT2D eigenvalue weighted by molar-refractivity contribution is 5.97. The number of nitrogens with zero attached hydrogens (tertiary/aromatic N) is 1. The van der Waals surface area contributed by atoms with Gasteiger partial charge in [0.25, 0.3) is 5.91 Å². The van der Waals surface area contributed by atoms with E-state index in [1.165, 1.54) is 11.1 Å². The number of nitrogens with one attached hydrogen (secondary N) is 1. The van der Waals surface area contributed by atoms with Crippen molar-refractivity contribution in [2.45, 2.75) is 33.2 Å². The number of hydrogen-bond donors (Lipinski definition) is 1. The average Bonchev–Trinajstić information content (AvgIpc) is 2.94. The van der Waals surface area contributed by atoms with Gasteiger partial charge in [-0.05, 0) is 56.0 Å². The Morgan fingerprint density at radius 1 is 1.17 bits per heavy atom. The summed E-state index contributed by atoms with van der Waals surface area (Å²) in [6.45, 7) is 7.30. The van der Waals surface area contributed by atoms with Crippen LogP contribution >= 0.6 is 0 Å². The topological polar surface area (TPSA) is 51.2 Å². The number of carbonyl (C=O) groups is 1. The lowest BCUT2D eigenvalue weighted by Crippen LogP contribution is -2.41. The summed E-state index contributed by atoms with van der Waals surface area (Å²) >= 11 is 0. The van der Waals surface area contributed by atoms with Crippen molar-refractivity contribution in [2.75, 3.05) is 13.2 Å². The van der Waals surface area contributed by atoms with Crippen molar-refractivity contribution in [3.63, 3.8) is 0 Å². The van der Waals surface area contributed by atoms with E-state index in [-0.39, 0.29) is 11.9 Å². The lowest BCUT2D eigenvalue weighted by Gasteiger charge is -2.20. The molecule has 1 N–H and O–H groups in total. The van der Waals surface area contributed by atoms with Crippen LogP contribution in [-0.2, 0) is 11.2 Å². The second-order valence-electron chi connectivity index (χ2n) is 6.71. The smallest absolute Gasteiger partial charge is 0.252 e. The molecule has 4 nitrogen and oxygen atoms in total. The van der Waals surface area contributed by atoms with Gasteiger partial charge < -0.3 is 10.1 Å². The Balaban J connectivity index is 1.72. The number of benzene rings is 1. The Bertz CT molecular complexity index is 705. The molecule has 0 spiro atoms. The van der Waals surface area contributed by atoms with Crippen LogP contribution in [0.2, 0.25) is 0 Å². The predicted octanol–water partition coefficient (Wildman–Crippen LogP) is 2.99. The van der Waals surface area contributed by atoms with Gasteiger partial charge in [0, 0.05) is 23.9 Å². The highest BCUT2D eigenvalue weighted by Crippen LogP contribution is 2.21. The van der Waals surface area contributed by atoms with Crippen molar-refractivity contribution in [1.82, 2.24) is 10.3 Å². The third-order valence-electron chi connectivity index (χ3n) is 4.67. The van der Waals surface area contributed by atoms with E-state index in [2.05, 4.69) is 29.4 Å². The van der Waals surface area contributed by atoms with Gasteiger partial charge >= 0.3 is 0 Å². The number of aryl methyl sites for hydroxylation is 3. The fourth-order valence-electron chi connectivity index (χ4n) is 3.56. The van der Waals surface area contributed by atoms with E-state index in [0.29, 0.717) is 19.1 Å². The molecule has 1 aliphatic heterocycles. The fraction of sp³-hybridized carbons (Fsp3) is 0.400. The van der Waals surface area contributed by atoms with Crippen LogP contribution in [0.25, 0.3) is 0 Å². The monoisotopic (exact) mass is 324 g/mol. The minimum atomic E-state index is 0.000211. The van der Waals surface area contributed by atoms with Gasteiger partial charge in [0.1, 0.15) is 0 Å². The van der Waals surface area contributed by atoms with E-state index in [0.717, 1.165) is 23.1 Å². The SMILES string of the molecule is Cc1cc(C)c(C(=O)N[C@H]2COC[C@H]2Cc2ccncc2)c(C)c1. The molecule has 2 atom stereocenters. The van der Waals surface area contributed by atoms with Crippen molar-refractivity contribution < 1.29 is 9.53 Å². The molecule has 1 aromatic heterocycles. The van der Waals surface area contributed by atoms with Crippen LogP contribution in [0.3, 0.4) is 0 Å². The van der Waals surface area contributed by atoms with E-state index in [9.17, 15) is 4.79 Å². The number of hydrogen-bond acceptors (Lipinski definition) is 3. The van der Waals surface area contributed by atoms with Crippen LogP contribution in [0.1, 0.15) is 32.6 Å². The Morgan fingerprint density at radius 2 is 1.83 bits per heavy atom. The first kappa shape index (κ1) is 16.7. The molecule has 1 aliphatic rings. The zero-order chi connectivity index (χ0) is 17.1. The first-order valence-corrected chi connectivity index (χ1v) is 8.40. The average molecular weight is 324 g/mol. The van der Waals surface area contributed by atoms with E-state index in [1.807, 2.05) is 26.0 Å². The molecule has 1 fully saturated rings. The molecule has 0 aliphatic carbocycles. The van der Waals surface area contributed by atoms with Crippen LogP contribution in [0.5, 0.6) is 0 Å². The van der Waals surface area contributed by atoms with Crippen molar-refractivity contribution in [3.8, 4) is 0 Å². The van der Waals surface area contributed by atoms with Crippen LogP contribution in [-0.4, -0.2) is 30.1 Å². The molecule has 4 heteroatoms. The summed E-state index contributed by atoms with van der Waals surface area (Å²) in [7, 11) is 0. The Hall–Kier alpha value is -2.20. The molecular weight excluding hydrogens is 300 g/mol. The fourth-order valence-corrected chi connectivity index (χ4v) is 3.56. The number of pyridine rings is 1. The minimum absolute atomic E-state index is 0.000211. The largest absolute Gasteiger partial charge is 0.379 e. The second kappa shape index (κ2) is 7.14. The zero-order valence-corrected chi connectivity index (χ0v) is 14.5. The number of carbonyl (C=O) groups excluding carboxylic acids is 1. The van der Waals surface area contributed by atoms with Gasteiger partial charge in [-0.3, -0.25) is 9.78 Å². The molecule has 0 unspecified atom stereocenters. The molecule has 1 amide bonds. The zero-order valence-electron chi connectivity index (χ0n) is 14.5. The summed E-state index contributed by atoms with van der Waals surface area (Å²) in [5.74, 6) is 0.294. The van der Waals surface area contributed by atoms with Gasteiger partial charge in [-0.2, -0.15) is 0 Å². The molecule has 0 radical (unpaired) electrons. The first-order chi connectivity index (χ1) is 11.5. The van der Waals surface area contributed by atoms with Crippen molar-refractivity contribution in [3.05, 3.63) is 64.5 Å². The van der Waals surface area contributed by atoms with Gasteiger partial charge in [0.2, 0.25) is 0 Å². The standard InChI is InChI=1S/C20H24N2O2/c1-13-8-14(2)19(15(3)9-13)20(23)22-18-12-24-11-17(18)10-16-4-6-21-7-5-16/h4-9,17-18H,10-12H2,1-3H3,(H,22,23)/t17-,18+/m1/s1. The summed E-state index contributed by atoms with van der Waals surface area (Å²) in [6, 6.07) is 8.20. The minimum Gasteiger partial charge on any atom is -0.379 e. The van der Waals surface area contributed by atoms with Gasteiger partial charge in [0.15, 0.2) is 0 Å². The maximum Gasteiger partial charge on any atom is 0.252 e. The summed E-state index contributed by atoms with van der Waals surface area (Å²) in [4.78, 5) is 16.8. The summed E-state index contributed by atoms with van der Waals surface area (Å²) in [5.41, 5.74) is 5.24. The van der Waals surface area contributed by atoms with E-state index >= 15 is 0 Å². The number of aromatic nitrogens is 1. The number of amides is 1. The summed E-state index contributed by atoms with van der Waals surface area (Å²) in [6.07, 6.45) is 4.49. The molecule has 2 heterocycles. The Kier molecular flexibility index (Phi) is 4.95. The maximum atomic E-state index is 12.8. The number of rotatable bonds is 4. The molecule has 24 heavy (non-hydrogen) atoms. The van der Waals surface area contributed by atoms with E-state index in [4.69, 9.17) is 4.74 Å². The van der Waals surface area contributed by atoms with E-state index in [1.54, 1.807) is 12.4 Å². The van der Waals surface area contributed by atoms with Crippen LogP contribution in [0, 0.1) is 26.7 Å². The molecule has 1 saturated heterocycles. The third kappa shape index (κ3) is 3.65. The van der Waals surface area contributed by atoms with Crippen LogP contribution in [0.15, 0.2) is 36.7 Å². The maximum absolute atomic E-state index is 12.8. The Morgan fingerprint density at radius 3 is 2.50 bits per heavy atom. The summed E-state index contributed by atoms with van der Waals surface area (Å²) in [5, 5.41) is 3.19. The first-order valence-electron chi connectivity index (χ1n) is 8.40. The van der Waals surface area contributed by atoms with Gasteiger partial charge in [-0.25, -0.2) is 0 Å². The molecule has 3 rings (SSSR count). The number of ether oxygens (including phenoxy) is 1. The molecule has 2 aromatic rings. The van der Waals surface area contributed by atoms with Gasteiger partial charge in [-0.1, -0.05) is 17.7 Å². The molecule has 0 bridgehead atoms. The van der Waals surface area contributed by atoms with Crippen LogP contribution in [0.4, 0.5) is 0 Å². The normalized spacial score (nSPS) is 20.1. The third-order valence-corrected chi connectivity index (χ3v) is 4.67. The molecule has 0 saturated carbocycles. The van der Waals surface area contributed by atoms with Crippen LogP contribution < -0.4 is 5.32 Å². The molecule has 126 valence electrons. The Labute approximate surface area is 143 Å². The molecule has 1 aromatic carbocycles. The van der Waals surface area contributed by atoms with Crippen molar-refractivity contribution >= 4 is 5.91 Å². The highest BCUT2D eigenvalue weighted by atomic mass is 16.5. The molecular formula is C20H24N2O2. The van der Waals surface area contributed by atoms with Crippen molar-refractivity contribution in [2.24, 2.45) is 5.92 Å². The lowest BCUT2D eigenvalue weighted by atomic mass is 9.94. The van der Waals surface area contributed by atoms with Crippen molar-refractivity contribution in [1.29, 1.82) is 0 Å².